The average molecular weight is 493 g/mol. The van der Waals surface area contributed by atoms with E-state index in [1.54, 1.807) is 12.0 Å². The molecule has 0 unspecified atom stereocenters. The van der Waals surface area contributed by atoms with Crippen LogP contribution < -0.4 is 10.1 Å². The summed E-state index contributed by atoms with van der Waals surface area (Å²) >= 11 is 0. The molecule has 3 aromatic rings. The molecule has 3 aromatic carbocycles. The van der Waals surface area contributed by atoms with E-state index in [0.717, 1.165) is 27.6 Å². The van der Waals surface area contributed by atoms with Gasteiger partial charge in [0.05, 0.1) is 33.4 Å². The summed E-state index contributed by atoms with van der Waals surface area (Å²) in [7, 11) is 3.05. The lowest BCUT2D eigenvalue weighted by Crippen LogP contribution is -2.51. The summed E-state index contributed by atoms with van der Waals surface area (Å²) in [5.41, 5.74) is 3.97. The first-order chi connectivity index (χ1) is 17.0. The van der Waals surface area contributed by atoms with E-state index in [4.69, 9.17) is 14.2 Å². The highest BCUT2D eigenvalue weighted by molar-refractivity contribution is 6.12. The standard InChI is InChI=1S/C29H36N2O5/c1-17-8-9-20-21(10-17)22-11-18(2)26(34-6)13-24(22)23-12-19(14-30-15-27(32)35-7)31(16-25(20)23)28(33)36-29(3,4)5/h8-11,13,19,30H,12,14-16H2,1-7H3/t19-/m0/s1. The van der Waals surface area contributed by atoms with Crippen molar-refractivity contribution in [3.05, 3.63) is 52.6 Å². The van der Waals surface area contributed by atoms with E-state index in [2.05, 4.69) is 49.5 Å². The third kappa shape index (κ3) is 5.12. The maximum Gasteiger partial charge on any atom is 0.410 e. The monoisotopic (exact) mass is 492 g/mol. The van der Waals surface area contributed by atoms with Crippen molar-refractivity contribution >= 4 is 33.6 Å². The van der Waals surface area contributed by atoms with Gasteiger partial charge in [0.1, 0.15) is 11.4 Å². The van der Waals surface area contributed by atoms with Gasteiger partial charge in [-0.2, -0.15) is 0 Å². The van der Waals surface area contributed by atoms with Gasteiger partial charge in [-0.25, -0.2) is 4.79 Å². The fourth-order valence-corrected chi connectivity index (χ4v) is 5.04. The van der Waals surface area contributed by atoms with E-state index in [1.165, 1.54) is 29.0 Å². The molecular formula is C29H36N2O5. The van der Waals surface area contributed by atoms with E-state index in [1.807, 2.05) is 20.8 Å². The summed E-state index contributed by atoms with van der Waals surface area (Å²) < 4.78 is 16.2. The van der Waals surface area contributed by atoms with Crippen LogP contribution in [-0.4, -0.2) is 55.9 Å². The largest absolute Gasteiger partial charge is 0.496 e. The van der Waals surface area contributed by atoms with Crippen molar-refractivity contribution in [1.29, 1.82) is 0 Å². The number of nitrogens with zero attached hydrogens (tertiary/aromatic N) is 1. The van der Waals surface area contributed by atoms with Crippen LogP contribution in [0.15, 0.2) is 30.3 Å². The Morgan fingerprint density at radius 1 is 1.00 bits per heavy atom. The Labute approximate surface area is 212 Å². The molecule has 1 aliphatic rings. The summed E-state index contributed by atoms with van der Waals surface area (Å²) in [6.07, 6.45) is 0.259. The van der Waals surface area contributed by atoms with Crippen molar-refractivity contribution < 1.29 is 23.8 Å². The van der Waals surface area contributed by atoms with Gasteiger partial charge in [-0.15, -0.1) is 0 Å². The van der Waals surface area contributed by atoms with Crippen molar-refractivity contribution in [2.45, 2.75) is 59.2 Å². The predicted molar refractivity (Wildman–Crippen MR) is 142 cm³/mol. The molecule has 1 aliphatic heterocycles. The van der Waals surface area contributed by atoms with Crippen LogP contribution in [0.5, 0.6) is 5.75 Å². The maximum atomic E-state index is 13.4. The molecule has 7 heteroatoms. The first-order valence-electron chi connectivity index (χ1n) is 12.3. The lowest BCUT2D eigenvalue weighted by Gasteiger charge is -2.39. The molecule has 0 aliphatic carbocycles. The minimum atomic E-state index is -0.616. The second kappa shape index (κ2) is 9.97. The third-order valence-corrected chi connectivity index (χ3v) is 6.73. The molecule has 0 saturated carbocycles. The fraction of sp³-hybridized carbons (Fsp3) is 0.448. The smallest absolute Gasteiger partial charge is 0.410 e. The second-order valence-electron chi connectivity index (χ2n) is 10.5. The van der Waals surface area contributed by atoms with Gasteiger partial charge in [0.25, 0.3) is 0 Å². The highest BCUT2D eigenvalue weighted by Gasteiger charge is 2.35. The Bertz CT molecular complexity index is 1330. The Balaban J connectivity index is 1.87. The van der Waals surface area contributed by atoms with Gasteiger partial charge in [-0.3, -0.25) is 9.69 Å². The van der Waals surface area contributed by atoms with Crippen LogP contribution in [0, 0.1) is 13.8 Å². The van der Waals surface area contributed by atoms with Crippen LogP contribution in [0.3, 0.4) is 0 Å². The number of fused-ring (bicyclic) bond motifs is 6. The number of aryl methyl sites for hydroxylation is 2. The molecule has 0 saturated heterocycles. The summed E-state index contributed by atoms with van der Waals surface area (Å²) in [5, 5.41) is 7.78. The Morgan fingerprint density at radius 3 is 2.39 bits per heavy atom. The Hall–Kier alpha value is -3.32. The Morgan fingerprint density at radius 2 is 1.72 bits per heavy atom. The van der Waals surface area contributed by atoms with Gasteiger partial charge in [-0.05, 0) is 91.4 Å². The zero-order chi connectivity index (χ0) is 26.2. The lowest BCUT2D eigenvalue weighted by atomic mass is 9.84. The topological polar surface area (TPSA) is 77.1 Å². The van der Waals surface area contributed by atoms with Gasteiger partial charge >= 0.3 is 12.1 Å². The number of benzene rings is 3. The number of nitrogens with one attached hydrogen (secondary N) is 1. The van der Waals surface area contributed by atoms with E-state index in [-0.39, 0.29) is 24.6 Å². The first kappa shape index (κ1) is 25.8. The first-order valence-corrected chi connectivity index (χ1v) is 12.3. The molecule has 1 atom stereocenters. The summed E-state index contributed by atoms with van der Waals surface area (Å²) in [4.78, 5) is 26.8. The van der Waals surface area contributed by atoms with Crippen LogP contribution in [0.25, 0.3) is 21.5 Å². The molecule has 4 rings (SSSR count). The number of esters is 1. The van der Waals surface area contributed by atoms with Gasteiger partial charge in [0.2, 0.25) is 0 Å². The number of ether oxygens (including phenoxy) is 3. The summed E-state index contributed by atoms with van der Waals surface area (Å²) in [6.45, 7) is 10.7. The molecule has 1 amide bonds. The van der Waals surface area contributed by atoms with Gasteiger partial charge < -0.3 is 19.5 Å². The Kier molecular flexibility index (Phi) is 7.14. The molecule has 0 spiro atoms. The summed E-state index contributed by atoms with van der Waals surface area (Å²) in [6, 6.07) is 10.6. The highest BCUT2D eigenvalue weighted by Crippen LogP contribution is 2.40. The number of hydrogen-bond acceptors (Lipinski definition) is 6. The molecule has 1 heterocycles. The van der Waals surface area contributed by atoms with Crippen LogP contribution >= 0.6 is 0 Å². The number of hydrogen-bond donors (Lipinski definition) is 1. The van der Waals surface area contributed by atoms with E-state index in [9.17, 15) is 9.59 Å². The minimum Gasteiger partial charge on any atom is -0.496 e. The number of rotatable bonds is 5. The molecule has 0 fully saturated rings. The molecule has 0 bridgehead atoms. The molecule has 7 nitrogen and oxygen atoms in total. The molecule has 0 radical (unpaired) electrons. The number of carbonyl (C=O) groups is 2. The second-order valence-corrected chi connectivity index (χ2v) is 10.5. The maximum absolute atomic E-state index is 13.4. The average Bonchev–Trinajstić information content (AvgIpc) is 2.82. The van der Waals surface area contributed by atoms with Crippen molar-refractivity contribution in [1.82, 2.24) is 10.2 Å². The predicted octanol–water partition coefficient (Wildman–Crippen LogP) is 5.04. The summed E-state index contributed by atoms with van der Waals surface area (Å²) in [5.74, 6) is 0.494. The van der Waals surface area contributed by atoms with Crippen LogP contribution in [0.2, 0.25) is 0 Å². The van der Waals surface area contributed by atoms with E-state index in [0.29, 0.717) is 19.5 Å². The normalized spacial score (nSPS) is 15.6. The van der Waals surface area contributed by atoms with Crippen LogP contribution in [-0.2, 0) is 27.2 Å². The van der Waals surface area contributed by atoms with Gasteiger partial charge in [0, 0.05) is 6.54 Å². The third-order valence-electron chi connectivity index (χ3n) is 6.73. The molecule has 0 aromatic heterocycles. The SMILES string of the molecule is COC(=O)CNC[C@@H]1Cc2c(c3ccc(C)cc3c3cc(C)c(OC)cc23)CN1C(=O)OC(C)(C)C. The van der Waals surface area contributed by atoms with E-state index < -0.39 is 5.60 Å². The van der Waals surface area contributed by atoms with Gasteiger partial charge in [0.15, 0.2) is 0 Å². The van der Waals surface area contributed by atoms with Crippen LogP contribution in [0.1, 0.15) is 43.0 Å². The van der Waals surface area contributed by atoms with Crippen molar-refractivity contribution in [2.75, 3.05) is 27.3 Å². The molecule has 1 N–H and O–H groups in total. The zero-order valence-electron chi connectivity index (χ0n) is 22.3. The van der Waals surface area contributed by atoms with E-state index >= 15 is 0 Å². The highest BCUT2D eigenvalue weighted by atomic mass is 16.6. The van der Waals surface area contributed by atoms with Crippen molar-refractivity contribution in [3.63, 3.8) is 0 Å². The van der Waals surface area contributed by atoms with Crippen molar-refractivity contribution in [3.8, 4) is 5.75 Å². The minimum absolute atomic E-state index is 0.0762. The molecule has 36 heavy (non-hydrogen) atoms. The number of amides is 1. The van der Waals surface area contributed by atoms with Crippen molar-refractivity contribution in [2.24, 2.45) is 0 Å². The van der Waals surface area contributed by atoms with Gasteiger partial charge in [-0.1, -0.05) is 23.8 Å². The zero-order valence-corrected chi connectivity index (χ0v) is 22.3. The molecular weight excluding hydrogens is 456 g/mol. The lowest BCUT2D eigenvalue weighted by molar-refractivity contribution is -0.139. The quantitative estimate of drug-likeness (QED) is 0.397. The van der Waals surface area contributed by atoms with Crippen LogP contribution in [0.4, 0.5) is 4.79 Å². The number of carbonyl (C=O) groups excluding carboxylic acids is 2. The number of methoxy groups -OCH3 is 2. The fourth-order valence-electron chi connectivity index (χ4n) is 5.04. The molecule has 192 valence electrons.